The molecule has 2 fully saturated rings. The summed E-state index contributed by atoms with van der Waals surface area (Å²) in [4.78, 5) is 23.0. The molecule has 0 radical (unpaired) electrons. The number of carbonyl (C=O) groups is 1. The Morgan fingerprint density at radius 3 is 2.78 bits per heavy atom. The zero-order chi connectivity index (χ0) is 15.6. The standard InChI is InChI=1S/C17H21N5O/c23-17(14-2-1-7-18-11-14)22-8-5-12(6-9-22)10-15-19-16(21-20-15)13-3-4-13/h1-2,7,11-13H,3-6,8-10H2,(H,19,20,21). The number of nitrogens with one attached hydrogen (secondary N) is 1. The van der Waals surface area contributed by atoms with E-state index in [2.05, 4.69) is 20.2 Å². The number of rotatable bonds is 4. The van der Waals surface area contributed by atoms with Crippen LogP contribution in [-0.4, -0.2) is 44.1 Å². The Morgan fingerprint density at radius 2 is 2.09 bits per heavy atom. The Labute approximate surface area is 135 Å². The van der Waals surface area contributed by atoms with E-state index in [9.17, 15) is 4.79 Å². The molecule has 0 spiro atoms. The number of hydrogen-bond donors (Lipinski definition) is 1. The highest BCUT2D eigenvalue weighted by Gasteiger charge is 2.29. The van der Waals surface area contributed by atoms with Gasteiger partial charge in [0.25, 0.3) is 5.91 Å². The van der Waals surface area contributed by atoms with Gasteiger partial charge in [-0.3, -0.25) is 14.9 Å². The van der Waals surface area contributed by atoms with Crippen molar-refractivity contribution in [3.05, 3.63) is 41.7 Å². The molecular weight excluding hydrogens is 290 g/mol. The van der Waals surface area contributed by atoms with E-state index in [1.54, 1.807) is 18.5 Å². The molecule has 0 aromatic carbocycles. The predicted molar refractivity (Wildman–Crippen MR) is 84.9 cm³/mol. The Balaban J connectivity index is 1.31. The third-order valence-corrected chi connectivity index (χ3v) is 4.78. The van der Waals surface area contributed by atoms with Crippen LogP contribution in [0.3, 0.4) is 0 Å². The monoisotopic (exact) mass is 311 g/mol. The van der Waals surface area contributed by atoms with Gasteiger partial charge in [-0.2, -0.15) is 5.10 Å². The third-order valence-electron chi connectivity index (χ3n) is 4.78. The molecule has 1 saturated heterocycles. The Morgan fingerprint density at radius 1 is 1.26 bits per heavy atom. The number of aromatic amines is 1. The molecule has 0 atom stereocenters. The summed E-state index contributed by atoms with van der Waals surface area (Å²) in [5.74, 6) is 3.26. The minimum atomic E-state index is 0.0900. The van der Waals surface area contributed by atoms with Crippen LogP contribution in [0.4, 0.5) is 0 Å². The average Bonchev–Trinajstić information content (AvgIpc) is 3.36. The van der Waals surface area contributed by atoms with Gasteiger partial charge in [0, 0.05) is 37.8 Å². The van der Waals surface area contributed by atoms with Gasteiger partial charge in [-0.25, -0.2) is 4.98 Å². The van der Waals surface area contributed by atoms with Crippen LogP contribution in [0.1, 0.15) is 53.6 Å². The lowest BCUT2D eigenvalue weighted by Crippen LogP contribution is -2.39. The molecule has 120 valence electrons. The van der Waals surface area contributed by atoms with E-state index in [0.29, 0.717) is 17.4 Å². The Kier molecular flexibility index (Phi) is 3.81. The molecule has 4 rings (SSSR count). The second-order valence-corrected chi connectivity index (χ2v) is 6.60. The molecule has 0 unspecified atom stereocenters. The molecule has 6 heteroatoms. The maximum atomic E-state index is 12.4. The molecule has 1 aliphatic carbocycles. The molecular formula is C17H21N5O. The van der Waals surface area contributed by atoms with E-state index in [0.717, 1.165) is 44.0 Å². The lowest BCUT2D eigenvalue weighted by Gasteiger charge is -2.31. The van der Waals surface area contributed by atoms with Gasteiger partial charge in [-0.05, 0) is 43.7 Å². The van der Waals surface area contributed by atoms with E-state index in [4.69, 9.17) is 0 Å². The van der Waals surface area contributed by atoms with Crippen LogP contribution in [-0.2, 0) is 6.42 Å². The first kappa shape index (κ1) is 14.4. The van der Waals surface area contributed by atoms with Gasteiger partial charge in [0.05, 0.1) is 5.56 Å². The van der Waals surface area contributed by atoms with Gasteiger partial charge >= 0.3 is 0 Å². The smallest absolute Gasteiger partial charge is 0.255 e. The summed E-state index contributed by atoms with van der Waals surface area (Å²) in [5.41, 5.74) is 0.676. The van der Waals surface area contributed by atoms with Crippen LogP contribution in [0.15, 0.2) is 24.5 Å². The summed E-state index contributed by atoms with van der Waals surface area (Å²) in [7, 11) is 0. The van der Waals surface area contributed by atoms with Gasteiger partial charge in [0.1, 0.15) is 5.82 Å². The van der Waals surface area contributed by atoms with Crippen LogP contribution < -0.4 is 0 Å². The number of hydrogen-bond acceptors (Lipinski definition) is 4. The first-order chi connectivity index (χ1) is 11.3. The number of carbonyl (C=O) groups excluding carboxylic acids is 1. The highest BCUT2D eigenvalue weighted by Crippen LogP contribution is 2.37. The fourth-order valence-corrected chi connectivity index (χ4v) is 3.21. The lowest BCUT2D eigenvalue weighted by molar-refractivity contribution is 0.0689. The summed E-state index contributed by atoms with van der Waals surface area (Å²) < 4.78 is 0. The largest absolute Gasteiger partial charge is 0.339 e. The Hall–Kier alpha value is -2.24. The van der Waals surface area contributed by atoms with Crippen molar-refractivity contribution >= 4 is 5.91 Å². The second-order valence-electron chi connectivity index (χ2n) is 6.60. The first-order valence-corrected chi connectivity index (χ1v) is 8.40. The number of aromatic nitrogens is 4. The number of pyridine rings is 1. The van der Waals surface area contributed by atoms with Crippen LogP contribution in [0.5, 0.6) is 0 Å². The van der Waals surface area contributed by atoms with Crippen molar-refractivity contribution in [2.24, 2.45) is 5.92 Å². The van der Waals surface area contributed by atoms with Crippen LogP contribution in [0, 0.1) is 5.92 Å². The zero-order valence-electron chi connectivity index (χ0n) is 13.1. The molecule has 2 aliphatic rings. The molecule has 6 nitrogen and oxygen atoms in total. The highest BCUT2D eigenvalue weighted by atomic mass is 16.2. The van der Waals surface area contributed by atoms with Crippen molar-refractivity contribution in [2.75, 3.05) is 13.1 Å². The van der Waals surface area contributed by atoms with E-state index in [1.807, 2.05) is 11.0 Å². The van der Waals surface area contributed by atoms with Crippen molar-refractivity contribution < 1.29 is 4.79 Å². The first-order valence-electron chi connectivity index (χ1n) is 8.40. The van der Waals surface area contributed by atoms with Crippen molar-refractivity contribution in [1.82, 2.24) is 25.1 Å². The molecule has 2 aromatic heterocycles. The highest BCUT2D eigenvalue weighted by molar-refractivity contribution is 5.93. The minimum Gasteiger partial charge on any atom is -0.339 e. The molecule has 0 bridgehead atoms. The number of piperidine rings is 1. The lowest BCUT2D eigenvalue weighted by atomic mass is 9.93. The number of likely N-dealkylation sites (tertiary alicyclic amines) is 1. The molecule has 1 N–H and O–H groups in total. The molecule has 1 amide bonds. The van der Waals surface area contributed by atoms with Gasteiger partial charge in [-0.1, -0.05) is 0 Å². The summed E-state index contributed by atoms with van der Waals surface area (Å²) in [6.07, 6.45) is 8.77. The fourth-order valence-electron chi connectivity index (χ4n) is 3.21. The normalized spacial score (nSPS) is 19.0. The van der Waals surface area contributed by atoms with E-state index in [1.165, 1.54) is 12.8 Å². The quantitative estimate of drug-likeness (QED) is 0.939. The molecule has 1 saturated carbocycles. The molecule has 1 aliphatic heterocycles. The van der Waals surface area contributed by atoms with E-state index >= 15 is 0 Å². The van der Waals surface area contributed by atoms with Crippen LogP contribution in [0.2, 0.25) is 0 Å². The summed E-state index contributed by atoms with van der Waals surface area (Å²) in [6.45, 7) is 1.62. The maximum absolute atomic E-state index is 12.4. The van der Waals surface area contributed by atoms with Crippen molar-refractivity contribution in [2.45, 2.75) is 38.0 Å². The molecule has 3 heterocycles. The van der Waals surface area contributed by atoms with Crippen molar-refractivity contribution in [3.63, 3.8) is 0 Å². The van der Waals surface area contributed by atoms with Crippen molar-refractivity contribution in [3.8, 4) is 0 Å². The van der Waals surface area contributed by atoms with Gasteiger partial charge < -0.3 is 4.90 Å². The minimum absolute atomic E-state index is 0.0900. The number of H-pyrrole nitrogens is 1. The summed E-state index contributed by atoms with van der Waals surface area (Å²) in [6, 6.07) is 3.64. The number of amides is 1. The van der Waals surface area contributed by atoms with E-state index < -0.39 is 0 Å². The van der Waals surface area contributed by atoms with Gasteiger partial charge in [-0.15, -0.1) is 0 Å². The van der Waals surface area contributed by atoms with Crippen LogP contribution >= 0.6 is 0 Å². The van der Waals surface area contributed by atoms with E-state index in [-0.39, 0.29) is 5.91 Å². The SMILES string of the molecule is O=C(c1cccnc1)N1CCC(Cc2nc(C3CC3)n[nH]2)CC1. The number of nitrogens with zero attached hydrogens (tertiary/aromatic N) is 4. The average molecular weight is 311 g/mol. The molecule has 23 heavy (non-hydrogen) atoms. The zero-order valence-corrected chi connectivity index (χ0v) is 13.1. The second kappa shape index (κ2) is 6.10. The molecule has 2 aromatic rings. The van der Waals surface area contributed by atoms with Crippen molar-refractivity contribution in [1.29, 1.82) is 0 Å². The third kappa shape index (κ3) is 3.25. The predicted octanol–water partition coefficient (Wildman–Crippen LogP) is 2.17. The summed E-state index contributed by atoms with van der Waals surface area (Å²) in [5, 5.41) is 7.40. The van der Waals surface area contributed by atoms with Gasteiger partial charge in [0.15, 0.2) is 5.82 Å². The topological polar surface area (TPSA) is 74.8 Å². The Bertz CT molecular complexity index is 671. The van der Waals surface area contributed by atoms with Crippen LogP contribution in [0.25, 0.3) is 0 Å². The summed E-state index contributed by atoms with van der Waals surface area (Å²) >= 11 is 0. The fraction of sp³-hybridized carbons (Fsp3) is 0.529. The maximum Gasteiger partial charge on any atom is 0.255 e. The van der Waals surface area contributed by atoms with Gasteiger partial charge in [0.2, 0.25) is 0 Å².